The number of aromatic nitrogens is 3. The number of rotatable bonds is 7. The van der Waals surface area contributed by atoms with Crippen LogP contribution in [0.15, 0.2) is 43.1 Å². The second kappa shape index (κ2) is 7.56. The second-order valence-corrected chi connectivity index (χ2v) is 9.67. The highest BCUT2D eigenvalue weighted by molar-refractivity contribution is 5.94. The molecule has 2 heterocycles. The van der Waals surface area contributed by atoms with Gasteiger partial charge in [-0.2, -0.15) is 0 Å². The van der Waals surface area contributed by atoms with Gasteiger partial charge in [-0.25, -0.2) is 0 Å². The SMILES string of the molecule is O=CC(Cc1ccncc1)(Cc1cnccn1)C(=O)OC12CC3CC(CC(C3)C1)C2. The predicted octanol–water partition coefficient (Wildman–Crippen LogP) is 3.35. The minimum absolute atomic E-state index is 0.178. The molecule has 30 heavy (non-hydrogen) atoms. The van der Waals surface area contributed by atoms with E-state index >= 15 is 0 Å². The van der Waals surface area contributed by atoms with Crippen LogP contribution in [0.3, 0.4) is 0 Å². The van der Waals surface area contributed by atoms with Crippen molar-refractivity contribution in [1.82, 2.24) is 15.0 Å². The van der Waals surface area contributed by atoms with Crippen LogP contribution in [0.25, 0.3) is 0 Å². The molecule has 2 aromatic rings. The monoisotopic (exact) mass is 405 g/mol. The number of pyridine rings is 1. The molecule has 0 radical (unpaired) electrons. The Morgan fingerprint density at radius 1 is 1.00 bits per heavy atom. The van der Waals surface area contributed by atoms with Crippen molar-refractivity contribution in [3.8, 4) is 0 Å². The van der Waals surface area contributed by atoms with Crippen molar-refractivity contribution >= 4 is 12.3 Å². The van der Waals surface area contributed by atoms with E-state index in [1.807, 2.05) is 12.1 Å². The van der Waals surface area contributed by atoms with Gasteiger partial charge in [0.2, 0.25) is 0 Å². The molecule has 1 atom stereocenters. The average molecular weight is 405 g/mol. The van der Waals surface area contributed by atoms with Gasteiger partial charge in [0, 0.05) is 37.4 Å². The zero-order valence-electron chi connectivity index (χ0n) is 17.1. The number of carbonyl (C=O) groups is 2. The van der Waals surface area contributed by atoms with Gasteiger partial charge >= 0.3 is 5.97 Å². The van der Waals surface area contributed by atoms with Gasteiger partial charge in [-0.3, -0.25) is 19.7 Å². The molecule has 0 amide bonds. The molecule has 0 aliphatic heterocycles. The molecule has 0 saturated heterocycles. The molecule has 0 N–H and O–H groups in total. The third-order valence-electron chi connectivity index (χ3n) is 7.31. The van der Waals surface area contributed by atoms with Crippen LogP contribution in [0, 0.1) is 23.2 Å². The van der Waals surface area contributed by atoms with Crippen molar-refractivity contribution < 1.29 is 14.3 Å². The van der Waals surface area contributed by atoms with Gasteiger partial charge in [0.1, 0.15) is 17.3 Å². The predicted molar refractivity (Wildman–Crippen MR) is 109 cm³/mol. The van der Waals surface area contributed by atoms with Gasteiger partial charge in [0.25, 0.3) is 0 Å². The van der Waals surface area contributed by atoms with Crippen molar-refractivity contribution in [3.63, 3.8) is 0 Å². The van der Waals surface area contributed by atoms with Crippen LogP contribution in [0.1, 0.15) is 49.8 Å². The summed E-state index contributed by atoms with van der Waals surface area (Å²) >= 11 is 0. The summed E-state index contributed by atoms with van der Waals surface area (Å²) in [6.45, 7) is 0. The highest BCUT2D eigenvalue weighted by Gasteiger charge is 2.55. The van der Waals surface area contributed by atoms with Gasteiger partial charge < -0.3 is 9.53 Å². The molecule has 4 fully saturated rings. The Morgan fingerprint density at radius 2 is 1.67 bits per heavy atom. The summed E-state index contributed by atoms with van der Waals surface area (Å²) in [6, 6.07) is 3.68. The highest BCUT2D eigenvalue weighted by atomic mass is 16.6. The fourth-order valence-electron chi connectivity index (χ4n) is 6.40. The van der Waals surface area contributed by atoms with Crippen molar-refractivity contribution in [2.45, 2.75) is 57.0 Å². The largest absolute Gasteiger partial charge is 0.458 e. The molecule has 4 aliphatic rings. The molecule has 6 rings (SSSR count). The van der Waals surface area contributed by atoms with E-state index in [0.29, 0.717) is 23.4 Å². The van der Waals surface area contributed by atoms with Gasteiger partial charge in [-0.1, -0.05) is 0 Å². The normalized spacial score (nSPS) is 31.1. The third-order valence-corrected chi connectivity index (χ3v) is 7.31. The molecule has 156 valence electrons. The van der Waals surface area contributed by atoms with Crippen molar-refractivity contribution in [2.75, 3.05) is 0 Å². The van der Waals surface area contributed by atoms with Crippen LogP contribution in [0.5, 0.6) is 0 Å². The molecule has 4 aliphatic carbocycles. The lowest BCUT2D eigenvalue weighted by molar-refractivity contribution is -0.196. The summed E-state index contributed by atoms with van der Waals surface area (Å²) in [5, 5.41) is 0. The number of ether oxygens (including phenoxy) is 1. The first-order valence-corrected chi connectivity index (χ1v) is 10.9. The Labute approximate surface area is 176 Å². The van der Waals surface area contributed by atoms with E-state index in [1.54, 1.807) is 31.0 Å². The molecule has 6 heteroatoms. The first-order chi connectivity index (χ1) is 14.6. The summed E-state index contributed by atoms with van der Waals surface area (Å²) in [7, 11) is 0. The summed E-state index contributed by atoms with van der Waals surface area (Å²) in [5.74, 6) is 1.57. The number of aldehydes is 1. The first kappa shape index (κ1) is 19.3. The lowest BCUT2D eigenvalue weighted by Gasteiger charge is -2.56. The van der Waals surface area contributed by atoms with Crippen LogP contribution < -0.4 is 0 Å². The number of hydrogen-bond acceptors (Lipinski definition) is 6. The number of esters is 1. The summed E-state index contributed by atoms with van der Waals surface area (Å²) in [6.07, 6.45) is 16.0. The fraction of sp³-hybridized carbons (Fsp3) is 0.542. The Kier molecular flexibility index (Phi) is 4.88. The van der Waals surface area contributed by atoms with Gasteiger partial charge in [-0.15, -0.1) is 0 Å². The Morgan fingerprint density at radius 3 is 2.23 bits per heavy atom. The van der Waals surface area contributed by atoms with Crippen molar-refractivity contribution in [2.24, 2.45) is 23.2 Å². The van der Waals surface area contributed by atoms with Gasteiger partial charge in [0.05, 0.1) is 5.69 Å². The standard InChI is InChI=1S/C24H27N3O3/c28-16-23(10-17-1-3-25-4-2-17,14-21-15-26-5-6-27-21)22(29)30-24-11-18-7-19(12-24)9-20(8-18)13-24/h1-6,15-16,18-20H,7-14H2. The summed E-state index contributed by atoms with van der Waals surface area (Å²) in [4.78, 5) is 38.7. The maximum Gasteiger partial charge on any atom is 0.320 e. The molecule has 6 nitrogen and oxygen atoms in total. The number of carbonyl (C=O) groups excluding carboxylic acids is 2. The zero-order valence-corrected chi connectivity index (χ0v) is 17.1. The molecule has 4 saturated carbocycles. The molecule has 4 bridgehead atoms. The van der Waals surface area contributed by atoms with Crippen molar-refractivity contribution in [3.05, 3.63) is 54.4 Å². The third kappa shape index (κ3) is 3.64. The maximum absolute atomic E-state index is 13.7. The van der Waals surface area contributed by atoms with Crippen LogP contribution in [0.4, 0.5) is 0 Å². The minimum Gasteiger partial charge on any atom is -0.458 e. The van der Waals surface area contributed by atoms with Gasteiger partial charge in [0.15, 0.2) is 0 Å². The van der Waals surface area contributed by atoms with Crippen molar-refractivity contribution in [1.29, 1.82) is 0 Å². The van der Waals surface area contributed by atoms with E-state index in [0.717, 1.165) is 31.1 Å². The Balaban J connectivity index is 1.44. The number of nitrogens with zero attached hydrogens (tertiary/aromatic N) is 3. The van der Waals surface area contributed by atoms with E-state index in [2.05, 4.69) is 15.0 Å². The second-order valence-electron chi connectivity index (χ2n) is 9.67. The molecular weight excluding hydrogens is 378 g/mol. The smallest absolute Gasteiger partial charge is 0.320 e. The molecule has 0 aromatic carbocycles. The summed E-state index contributed by atoms with van der Waals surface area (Å²) in [5.41, 5.74) is -0.217. The Bertz CT molecular complexity index is 839. The Hall–Kier alpha value is -2.63. The first-order valence-electron chi connectivity index (χ1n) is 10.9. The fourth-order valence-corrected chi connectivity index (χ4v) is 6.40. The van der Waals surface area contributed by atoms with Crippen LogP contribution in [-0.2, 0) is 27.2 Å². The molecule has 2 aromatic heterocycles. The van der Waals surface area contributed by atoms with E-state index in [-0.39, 0.29) is 18.4 Å². The van der Waals surface area contributed by atoms with E-state index in [9.17, 15) is 9.59 Å². The van der Waals surface area contributed by atoms with E-state index in [4.69, 9.17) is 4.74 Å². The molecular formula is C24H27N3O3. The topological polar surface area (TPSA) is 82.0 Å². The van der Waals surface area contributed by atoms with E-state index in [1.165, 1.54) is 19.3 Å². The highest BCUT2D eigenvalue weighted by Crippen LogP contribution is 2.57. The molecule has 1 unspecified atom stereocenters. The average Bonchev–Trinajstić information content (AvgIpc) is 2.73. The lowest BCUT2D eigenvalue weighted by atomic mass is 9.54. The van der Waals surface area contributed by atoms with Gasteiger partial charge in [-0.05, 0) is 80.4 Å². The lowest BCUT2D eigenvalue weighted by Crippen LogP contribution is -2.55. The number of hydrogen-bond donors (Lipinski definition) is 0. The van der Waals surface area contributed by atoms with Crippen LogP contribution in [0.2, 0.25) is 0 Å². The maximum atomic E-state index is 13.7. The van der Waals surface area contributed by atoms with Crippen LogP contribution >= 0.6 is 0 Å². The minimum atomic E-state index is -1.32. The quantitative estimate of drug-likeness (QED) is 0.399. The molecule has 0 spiro atoms. The van der Waals surface area contributed by atoms with E-state index < -0.39 is 11.4 Å². The van der Waals surface area contributed by atoms with Crippen LogP contribution in [-0.4, -0.2) is 32.8 Å². The zero-order chi connectivity index (χ0) is 20.6. The summed E-state index contributed by atoms with van der Waals surface area (Å²) < 4.78 is 6.32.